The number of nitrogens with zero attached hydrogens (tertiary/aromatic N) is 5. The van der Waals surface area contributed by atoms with Crippen molar-refractivity contribution in [3.63, 3.8) is 0 Å². The predicted molar refractivity (Wildman–Crippen MR) is 128 cm³/mol. The Kier molecular flexibility index (Phi) is 6.64. The summed E-state index contributed by atoms with van der Waals surface area (Å²) in [5.74, 6) is 1.84. The fourth-order valence-electron chi connectivity index (χ4n) is 3.35. The summed E-state index contributed by atoms with van der Waals surface area (Å²) >= 11 is 1.30. The molecule has 2 heterocycles. The van der Waals surface area contributed by atoms with E-state index in [4.69, 9.17) is 9.47 Å². The van der Waals surface area contributed by atoms with Crippen LogP contribution in [0, 0.1) is 0 Å². The topological polar surface area (TPSA) is 96.1 Å². The summed E-state index contributed by atoms with van der Waals surface area (Å²) in [5.41, 5.74) is 3.27. The summed E-state index contributed by atoms with van der Waals surface area (Å²) in [5, 5.41) is 16.8. The highest BCUT2D eigenvalue weighted by Crippen LogP contribution is 2.32. The van der Waals surface area contributed by atoms with Crippen LogP contribution in [0.25, 0.3) is 22.6 Å². The second-order valence-electron chi connectivity index (χ2n) is 7.20. The molecule has 0 aliphatic rings. The molecule has 10 heteroatoms. The van der Waals surface area contributed by atoms with Crippen molar-refractivity contribution in [3.8, 4) is 34.1 Å². The number of nitrogens with one attached hydrogen (secondary N) is 1. The van der Waals surface area contributed by atoms with Gasteiger partial charge in [0.25, 0.3) is 0 Å². The lowest BCUT2D eigenvalue weighted by Gasteiger charge is -2.11. The number of carbonyl (C=O) groups is 1. The monoisotopic (exact) mass is 464 g/mol. The van der Waals surface area contributed by atoms with Gasteiger partial charge in [-0.25, -0.2) is 0 Å². The van der Waals surface area contributed by atoms with Crippen LogP contribution in [0.2, 0.25) is 0 Å². The van der Waals surface area contributed by atoms with E-state index in [1.165, 1.54) is 11.8 Å². The van der Waals surface area contributed by atoms with Crippen LogP contribution in [0.3, 0.4) is 0 Å². The Bertz CT molecular complexity index is 1270. The van der Waals surface area contributed by atoms with Gasteiger partial charge >= 0.3 is 0 Å². The van der Waals surface area contributed by atoms with E-state index in [-0.39, 0.29) is 11.7 Å². The maximum absolute atomic E-state index is 12.5. The molecule has 0 unspecified atom stereocenters. The average molecular weight is 465 g/mol. The van der Waals surface area contributed by atoms with Gasteiger partial charge in [0.05, 0.1) is 31.2 Å². The summed E-state index contributed by atoms with van der Waals surface area (Å²) in [4.78, 5) is 12.5. The Hall–Kier alpha value is -3.79. The molecular formula is C23H24N6O3S. The van der Waals surface area contributed by atoms with E-state index < -0.39 is 0 Å². The largest absolute Gasteiger partial charge is 0.497 e. The highest BCUT2D eigenvalue weighted by molar-refractivity contribution is 7.99. The molecule has 2 aromatic carbocycles. The fourth-order valence-corrected chi connectivity index (χ4v) is 4.07. The molecule has 0 aliphatic heterocycles. The predicted octanol–water partition coefficient (Wildman–Crippen LogP) is 3.63. The highest BCUT2D eigenvalue weighted by atomic mass is 32.2. The zero-order valence-electron chi connectivity index (χ0n) is 18.8. The number of anilines is 1. The van der Waals surface area contributed by atoms with Crippen molar-refractivity contribution in [2.75, 3.05) is 25.3 Å². The molecular weight excluding hydrogens is 440 g/mol. The number of aryl methyl sites for hydroxylation is 1. The smallest absolute Gasteiger partial charge is 0.234 e. The van der Waals surface area contributed by atoms with Crippen LogP contribution in [-0.4, -0.2) is 50.4 Å². The minimum atomic E-state index is -0.181. The molecule has 0 saturated carbocycles. The van der Waals surface area contributed by atoms with Gasteiger partial charge in [0.15, 0.2) is 11.0 Å². The van der Waals surface area contributed by atoms with Crippen molar-refractivity contribution in [3.05, 3.63) is 54.7 Å². The van der Waals surface area contributed by atoms with E-state index >= 15 is 0 Å². The molecule has 0 fully saturated rings. The Morgan fingerprint density at radius 3 is 2.58 bits per heavy atom. The summed E-state index contributed by atoms with van der Waals surface area (Å²) in [7, 11) is 6.87. The standard InChI is InChI=1S/C23H24N6O3S/c1-28-13-17(21(27-28)15-8-6-5-7-9-15)22-25-26-23(29(22)2)33-14-20(30)24-18-11-10-16(31-3)12-19(18)32-4/h5-13H,14H2,1-4H3,(H,24,30). The molecule has 0 aliphatic carbocycles. The van der Waals surface area contributed by atoms with Gasteiger partial charge in [0.1, 0.15) is 17.2 Å². The summed E-state index contributed by atoms with van der Waals surface area (Å²) in [6.45, 7) is 0. The number of benzene rings is 2. The van der Waals surface area contributed by atoms with Gasteiger partial charge < -0.3 is 19.4 Å². The second-order valence-corrected chi connectivity index (χ2v) is 8.14. The summed E-state index contributed by atoms with van der Waals surface area (Å²) < 4.78 is 14.2. The van der Waals surface area contributed by atoms with Crippen molar-refractivity contribution in [2.45, 2.75) is 5.16 Å². The maximum Gasteiger partial charge on any atom is 0.234 e. The van der Waals surface area contributed by atoms with Gasteiger partial charge in [-0.3, -0.25) is 9.48 Å². The van der Waals surface area contributed by atoms with Crippen LogP contribution in [0.4, 0.5) is 5.69 Å². The lowest BCUT2D eigenvalue weighted by atomic mass is 10.1. The maximum atomic E-state index is 12.5. The van der Waals surface area contributed by atoms with Gasteiger partial charge in [-0.1, -0.05) is 42.1 Å². The number of hydrogen-bond donors (Lipinski definition) is 1. The van der Waals surface area contributed by atoms with Crippen LogP contribution >= 0.6 is 11.8 Å². The van der Waals surface area contributed by atoms with E-state index in [9.17, 15) is 4.79 Å². The normalized spacial score (nSPS) is 10.8. The third-order valence-electron chi connectivity index (χ3n) is 4.97. The van der Waals surface area contributed by atoms with E-state index in [0.717, 1.165) is 16.8 Å². The van der Waals surface area contributed by atoms with Gasteiger partial charge in [-0.05, 0) is 12.1 Å². The van der Waals surface area contributed by atoms with Crippen LogP contribution in [0.15, 0.2) is 59.9 Å². The minimum Gasteiger partial charge on any atom is -0.497 e. The first-order chi connectivity index (χ1) is 16.0. The van der Waals surface area contributed by atoms with Crippen molar-refractivity contribution in [2.24, 2.45) is 14.1 Å². The highest BCUT2D eigenvalue weighted by Gasteiger charge is 2.19. The Labute approximate surface area is 195 Å². The molecule has 4 aromatic rings. The van der Waals surface area contributed by atoms with Crippen LogP contribution in [-0.2, 0) is 18.9 Å². The lowest BCUT2D eigenvalue weighted by Crippen LogP contribution is -2.15. The number of carbonyl (C=O) groups excluding carboxylic acids is 1. The Morgan fingerprint density at radius 1 is 1.06 bits per heavy atom. The number of ether oxygens (including phenoxy) is 2. The molecule has 170 valence electrons. The van der Waals surface area contributed by atoms with Crippen molar-refractivity contribution < 1.29 is 14.3 Å². The van der Waals surface area contributed by atoms with Gasteiger partial charge in [-0.2, -0.15) is 5.10 Å². The van der Waals surface area contributed by atoms with Crippen LogP contribution < -0.4 is 14.8 Å². The molecule has 9 nitrogen and oxygen atoms in total. The summed E-state index contributed by atoms with van der Waals surface area (Å²) in [6, 6.07) is 15.2. The van der Waals surface area contributed by atoms with Crippen LogP contribution in [0.5, 0.6) is 11.5 Å². The third-order valence-corrected chi connectivity index (χ3v) is 5.99. The van der Waals surface area contributed by atoms with Crippen LogP contribution in [0.1, 0.15) is 0 Å². The van der Waals surface area contributed by atoms with Gasteiger partial charge in [0.2, 0.25) is 5.91 Å². The number of amides is 1. The fraction of sp³-hybridized carbons (Fsp3) is 0.217. The quantitative estimate of drug-likeness (QED) is 0.398. The van der Waals surface area contributed by atoms with Crippen molar-refractivity contribution in [1.82, 2.24) is 24.5 Å². The number of rotatable bonds is 8. The molecule has 2 aromatic heterocycles. The first-order valence-electron chi connectivity index (χ1n) is 10.1. The lowest BCUT2D eigenvalue weighted by molar-refractivity contribution is -0.113. The number of hydrogen-bond acceptors (Lipinski definition) is 7. The molecule has 0 radical (unpaired) electrons. The molecule has 0 atom stereocenters. The zero-order chi connectivity index (χ0) is 23.4. The summed E-state index contributed by atoms with van der Waals surface area (Å²) in [6.07, 6.45) is 1.92. The van der Waals surface area contributed by atoms with E-state index in [2.05, 4.69) is 20.6 Å². The van der Waals surface area contributed by atoms with Crippen molar-refractivity contribution >= 4 is 23.4 Å². The molecule has 4 rings (SSSR count). The Balaban J connectivity index is 1.48. The van der Waals surface area contributed by atoms with E-state index in [1.807, 2.05) is 55.2 Å². The third kappa shape index (κ3) is 4.85. The second kappa shape index (κ2) is 9.78. The van der Waals surface area contributed by atoms with Gasteiger partial charge in [-0.15, -0.1) is 10.2 Å². The van der Waals surface area contributed by atoms with Gasteiger partial charge in [0, 0.05) is 31.9 Å². The number of methoxy groups -OCH3 is 2. The average Bonchev–Trinajstić information content (AvgIpc) is 3.40. The molecule has 1 amide bonds. The molecule has 33 heavy (non-hydrogen) atoms. The molecule has 0 spiro atoms. The number of aromatic nitrogens is 5. The Morgan fingerprint density at radius 2 is 1.85 bits per heavy atom. The van der Waals surface area contributed by atoms with E-state index in [1.54, 1.807) is 37.1 Å². The first-order valence-corrected chi connectivity index (χ1v) is 11.1. The first kappa shape index (κ1) is 22.4. The molecule has 0 bridgehead atoms. The number of thioether (sulfide) groups is 1. The van der Waals surface area contributed by atoms with E-state index in [0.29, 0.717) is 28.2 Å². The zero-order valence-corrected chi connectivity index (χ0v) is 19.6. The minimum absolute atomic E-state index is 0.166. The molecule has 1 N–H and O–H groups in total. The molecule has 0 saturated heterocycles. The van der Waals surface area contributed by atoms with Crippen molar-refractivity contribution in [1.29, 1.82) is 0 Å². The SMILES string of the molecule is COc1ccc(NC(=O)CSc2nnc(-c3cn(C)nc3-c3ccccc3)n2C)c(OC)c1.